The molecular formula is C22H24Cl2N2O2. The highest BCUT2D eigenvalue weighted by Gasteiger charge is 2.50. The fourth-order valence-corrected chi connectivity index (χ4v) is 4.78. The molecule has 0 spiro atoms. The van der Waals surface area contributed by atoms with E-state index in [4.69, 9.17) is 27.9 Å². The summed E-state index contributed by atoms with van der Waals surface area (Å²) in [5, 5.41) is 1.16. The number of rotatable bonds is 2. The van der Waals surface area contributed by atoms with Crippen LogP contribution >= 0.6 is 23.2 Å². The lowest BCUT2D eigenvalue weighted by atomic mass is 9.84. The SMILES string of the molecule is CC(C)(C)OC(=O)N1[C@H]2CC[C@@H]1[C@@H](c1cnc(Cl)c(-c3ccc(Cl)cc3)c1)C2. The average Bonchev–Trinajstić information content (AvgIpc) is 3.20. The minimum Gasteiger partial charge on any atom is -0.444 e. The van der Waals surface area contributed by atoms with Gasteiger partial charge >= 0.3 is 6.09 Å². The van der Waals surface area contributed by atoms with E-state index in [1.165, 1.54) is 0 Å². The van der Waals surface area contributed by atoms with Gasteiger partial charge in [-0.2, -0.15) is 0 Å². The zero-order valence-corrected chi connectivity index (χ0v) is 17.8. The summed E-state index contributed by atoms with van der Waals surface area (Å²) in [7, 11) is 0. The molecule has 28 heavy (non-hydrogen) atoms. The second-order valence-electron chi connectivity index (χ2n) is 8.64. The largest absolute Gasteiger partial charge is 0.444 e. The Labute approximate surface area is 175 Å². The molecule has 2 aromatic rings. The van der Waals surface area contributed by atoms with E-state index >= 15 is 0 Å². The fourth-order valence-electron chi connectivity index (χ4n) is 4.45. The third-order valence-electron chi connectivity index (χ3n) is 5.58. The van der Waals surface area contributed by atoms with Crippen LogP contribution in [0.15, 0.2) is 36.5 Å². The van der Waals surface area contributed by atoms with Crippen LogP contribution in [0.25, 0.3) is 11.1 Å². The van der Waals surface area contributed by atoms with E-state index in [0.29, 0.717) is 10.2 Å². The molecule has 3 atom stereocenters. The van der Waals surface area contributed by atoms with Gasteiger partial charge in [0, 0.05) is 34.8 Å². The number of hydrogen-bond donors (Lipinski definition) is 0. The van der Waals surface area contributed by atoms with Crippen molar-refractivity contribution < 1.29 is 9.53 Å². The van der Waals surface area contributed by atoms with E-state index < -0.39 is 5.60 Å². The smallest absolute Gasteiger partial charge is 0.410 e. The Hall–Kier alpha value is -1.78. The van der Waals surface area contributed by atoms with Crippen LogP contribution < -0.4 is 0 Å². The third-order valence-corrected chi connectivity index (χ3v) is 6.14. The van der Waals surface area contributed by atoms with E-state index in [2.05, 4.69) is 11.1 Å². The highest BCUT2D eigenvalue weighted by atomic mass is 35.5. The first-order valence-electron chi connectivity index (χ1n) is 9.65. The number of amides is 1. The molecule has 0 saturated carbocycles. The number of carbonyl (C=O) groups excluding carboxylic acids is 1. The Balaban J connectivity index is 1.61. The van der Waals surface area contributed by atoms with Crippen molar-refractivity contribution in [1.82, 2.24) is 9.88 Å². The molecule has 2 aliphatic rings. The van der Waals surface area contributed by atoms with Gasteiger partial charge in [0.2, 0.25) is 0 Å². The lowest BCUT2D eigenvalue weighted by molar-refractivity contribution is 0.0213. The fraction of sp³-hybridized carbons (Fsp3) is 0.455. The molecule has 4 nitrogen and oxygen atoms in total. The topological polar surface area (TPSA) is 42.4 Å². The number of hydrogen-bond acceptors (Lipinski definition) is 3. The predicted molar refractivity (Wildman–Crippen MR) is 112 cm³/mol. The molecule has 6 heteroatoms. The normalized spacial score (nSPS) is 23.9. The highest BCUT2D eigenvalue weighted by molar-refractivity contribution is 6.32. The molecule has 4 rings (SSSR count). The van der Waals surface area contributed by atoms with Gasteiger partial charge in [-0.15, -0.1) is 0 Å². The van der Waals surface area contributed by atoms with Gasteiger partial charge in [-0.3, -0.25) is 0 Å². The molecule has 2 bridgehead atoms. The molecule has 0 unspecified atom stereocenters. The Morgan fingerprint density at radius 2 is 1.89 bits per heavy atom. The Kier molecular flexibility index (Phi) is 5.05. The van der Waals surface area contributed by atoms with Crippen LogP contribution in [0.1, 0.15) is 51.5 Å². The third kappa shape index (κ3) is 3.72. The molecule has 148 valence electrons. The number of aromatic nitrogens is 1. The Morgan fingerprint density at radius 1 is 1.18 bits per heavy atom. The van der Waals surface area contributed by atoms with Crippen molar-refractivity contribution in [2.45, 2.75) is 63.6 Å². The Morgan fingerprint density at radius 3 is 2.57 bits per heavy atom. The van der Waals surface area contributed by atoms with Crippen molar-refractivity contribution in [1.29, 1.82) is 0 Å². The maximum Gasteiger partial charge on any atom is 0.410 e. The molecule has 1 aromatic heterocycles. The summed E-state index contributed by atoms with van der Waals surface area (Å²) in [6.45, 7) is 5.71. The number of benzene rings is 1. The minimum absolute atomic E-state index is 0.154. The molecule has 0 aliphatic carbocycles. The number of nitrogens with zero attached hydrogens (tertiary/aromatic N) is 2. The van der Waals surface area contributed by atoms with E-state index in [0.717, 1.165) is 36.0 Å². The number of pyridine rings is 1. The lowest BCUT2D eigenvalue weighted by Gasteiger charge is -2.28. The van der Waals surface area contributed by atoms with E-state index in [9.17, 15) is 4.79 Å². The van der Waals surface area contributed by atoms with Gasteiger partial charge < -0.3 is 9.64 Å². The summed E-state index contributed by atoms with van der Waals surface area (Å²) >= 11 is 12.4. The molecular weight excluding hydrogens is 395 g/mol. The molecule has 3 heterocycles. The van der Waals surface area contributed by atoms with Crippen molar-refractivity contribution in [3.63, 3.8) is 0 Å². The van der Waals surface area contributed by atoms with Crippen LogP contribution in [0.2, 0.25) is 10.2 Å². The minimum atomic E-state index is -0.488. The van der Waals surface area contributed by atoms with Crippen molar-refractivity contribution in [2.24, 2.45) is 0 Å². The number of ether oxygens (including phenoxy) is 1. The van der Waals surface area contributed by atoms with E-state index in [-0.39, 0.29) is 24.1 Å². The maximum atomic E-state index is 12.7. The van der Waals surface area contributed by atoms with Gasteiger partial charge in [0.1, 0.15) is 10.8 Å². The van der Waals surface area contributed by atoms with Crippen molar-refractivity contribution >= 4 is 29.3 Å². The summed E-state index contributed by atoms with van der Waals surface area (Å²) in [4.78, 5) is 19.1. The highest BCUT2D eigenvalue weighted by Crippen LogP contribution is 2.48. The second kappa shape index (κ2) is 7.23. The first kappa shape index (κ1) is 19.5. The van der Waals surface area contributed by atoms with Crippen LogP contribution in [-0.2, 0) is 4.74 Å². The first-order valence-corrected chi connectivity index (χ1v) is 10.4. The summed E-state index contributed by atoms with van der Waals surface area (Å²) in [6, 6.07) is 10.1. The summed E-state index contributed by atoms with van der Waals surface area (Å²) in [6.07, 6.45) is 4.61. The van der Waals surface area contributed by atoms with Crippen LogP contribution in [0.3, 0.4) is 0 Å². The van der Waals surface area contributed by atoms with Gasteiger partial charge in [-0.05, 0) is 69.4 Å². The number of fused-ring (bicyclic) bond motifs is 2. The molecule has 1 amide bonds. The van der Waals surface area contributed by atoms with E-state index in [1.54, 1.807) is 0 Å². The zero-order valence-electron chi connectivity index (χ0n) is 16.3. The quantitative estimate of drug-likeness (QED) is 0.536. The molecule has 2 fully saturated rings. The van der Waals surface area contributed by atoms with Gasteiger partial charge in [0.05, 0.1) is 0 Å². The predicted octanol–water partition coefficient (Wildman–Crippen LogP) is 6.31. The molecule has 2 saturated heterocycles. The number of carbonyl (C=O) groups is 1. The molecule has 2 aliphatic heterocycles. The molecule has 0 radical (unpaired) electrons. The van der Waals surface area contributed by atoms with Crippen molar-refractivity contribution in [2.75, 3.05) is 0 Å². The van der Waals surface area contributed by atoms with E-state index in [1.807, 2.05) is 56.1 Å². The van der Waals surface area contributed by atoms with Crippen molar-refractivity contribution in [3.05, 3.63) is 52.3 Å². The van der Waals surface area contributed by atoms with Crippen molar-refractivity contribution in [3.8, 4) is 11.1 Å². The zero-order chi connectivity index (χ0) is 20.1. The summed E-state index contributed by atoms with van der Waals surface area (Å²) in [5.74, 6) is 0.252. The van der Waals surface area contributed by atoms with Crippen LogP contribution in [0.5, 0.6) is 0 Å². The van der Waals surface area contributed by atoms with Crippen LogP contribution in [-0.4, -0.2) is 33.7 Å². The van der Waals surface area contributed by atoms with Gasteiger partial charge in [0.15, 0.2) is 0 Å². The molecule has 1 aromatic carbocycles. The van der Waals surface area contributed by atoms with Gasteiger partial charge in [0.25, 0.3) is 0 Å². The standard InChI is InChI=1S/C22H24Cl2N2O2/c1-22(2,3)28-21(27)26-16-8-9-19(26)17(11-16)14-10-18(20(24)25-12-14)13-4-6-15(23)7-5-13/h4-7,10,12,16-17,19H,8-9,11H2,1-3H3/t16-,17+,19+/m0/s1. The summed E-state index contributed by atoms with van der Waals surface area (Å²) < 4.78 is 5.65. The van der Waals surface area contributed by atoms with Crippen LogP contribution in [0.4, 0.5) is 4.79 Å². The van der Waals surface area contributed by atoms with Crippen LogP contribution in [0, 0.1) is 0 Å². The second-order valence-corrected chi connectivity index (χ2v) is 9.44. The maximum absolute atomic E-state index is 12.7. The monoisotopic (exact) mass is 418 g/mol. The van der Waals surface area contributed by atoms with Gasteiger partial charge in [-0.25, -0.2) is 9.78 Å². The lowest BCUT2D eigenvalue weighted by Crippen LogP contribution is -2.40. The summed E-state index contributed by atoms with van der Waals surface area (Å²) in [5.41, 5.74) is 2.51. The number of halogens is 2. The first-order chi connectivity index (χ1) is 13.2. The Bertz CT molecular complexity index is 892. The average molecular weight is 419 g/mol. The van der Waals surface area contributed by atoms with Gasteiger partial charge in [-0.1, -0.05) is 35.3 Å². The molecule has 0 N–H and O–H groups in total.